The van der Waals surface area contributed by atoms with E-state index in [1.54, 1.807) is 44.7 Å². The molecule has 23 heavy (non-hydrogen) atoms. The van der Waals surface area contributed by atoms with Gasteiger partial charge in [-0.05, 0) is 36.8 Å². The molecule has 0 bridgehead atoms. The number of hydrogen-bond acceptors (Lipinski definition) is 4. The van der Waals surface area contributed by atoms with Crippen molar-refractivity contribution in [1.82, 2.24) is 10.2 Å². The van der Waals surface area contributed by atoms with Crippen molar-refractivity contribution < 1.29 is 19.1 Å². The standard InChI is InChI=1S/C17H22N2O4/c1-12(16-5-4-10-23-16)18-17(21)19(2)15(11-20)13-6-8-14(22-3)9-7-13/h4-10,12,15,20H,11H2,1-3H3,(H,18,21)/t12-,15-/m1/s1. The van der Waals surface area contributed by atoms with E-state index in [0.29, 0.717) is 5.76 Å². The van der Waals surface area contributed by atoms with Crippen molar-refractivity contribution in [2.45, 2.75) is 19.0 Å². The summed E-state index contributed by atoms with van der Waals surface area (Å²) in [4.78, 5) is 13.9. The Balaban J connectivity index is 2.05. The molecular formula is C17H22N2O4. The summed E-state index contributed by atoms with van der Waals surface area (Å²) in [6.07, 6.45) is 1.57. The minimum Gasteiger partial charge on any atom is -0.497 e. The van der Waals surface area contributed by atoms with Gasteiger partial charge in [-0.25, -0.2) is 4.79 Å². The minimum atomic E-state index is -0.440. The zero-order valence-electron chi connectivity index (χ0n) is 13.5. The van der Waals surface area contributed by atoms with Crippen molar-refractivity contribution in [2.75, 3.05) is 20.8 Å². The molecule has 1 heterocycles. The predicted molar refractivity (Wildman–Crippen MR) is 86.2 cm³/mol. The third-order valence-electron chi connectivity index (χ3n) is 3.77. The molecule has 6 heteroatoms. The fourth-order valence-electron chi connectivity index (χ4n) is 2.31. The van der Waals surface area contributed by atoms with Crippen molar-refractivity contribution >= 4 is 6.03 Å². The van der Waals surface area contributed by atoms with Crippen LogP contribution in [0.4, 0.5) is 4.79 Å². The molecule has 0 saturated heterocycles. The molecule has 124 valence electrons. The number of benzene rings is 1. The van der Waals surface area contributed by atoms with E-state index < -0.39 is 6.04 Å². The van der Waals surface area contributed by atoms with Gasteiger partial charge in [0, 0.05) is 7.05 Å². The zero-order valence-corrected chi connectivity index (χ0v) is 13.5. The molecule has 0 unspecified atom stereocenters. The van der Waals surface area contributed by atoms with Crippen LogP contribution in [0.1, 0.15) is 30.3 Å². The summed E-state index contributed by atoms with van der Waals surface area (Å²) in [6, 6.07) is 9.86. The molecule has 2 atom stereocenters. The van der Waals surface area contributed by atoms with E-state index in [1.807, 2.05) is 19.1 Å². The Morgan fingerprint density at radius 3 is 2.57 bits per heavy atom. The number of ether oxygens (including phenoxy) is 1. The van der Waals surface area contributed by atoms with Gasteiger partial charge in [0.2, 0.25) is 0 Å². The first-order chi connectivity index (χ1) is 11.1. The molecule has 0 saturated carbocycles. The number of nitrogens with zero attached hydrogens (tertiary/aromatic N) is 1. The second kappa shape index (κ2) is 7.69. The SMILES string of the molecule is COc1ccc([C@@H](CO)N(C)C(=O)N[C@H](C)c2ccco2)cc1. The number of rotatable bonds is 6. The number of furan rings is 1. The fraction of sp³-hybridized carbons (Fsp3) is 0.353. The molecule has 0 radical (unpaired) electrons. The summed E-state index contributed by atoms with van der Waals surface area (Å²) in [5.41, 5.74) is 0.830. The number of aliphatic hydroxyl groups excluding tert-OH is 1. The number of methoxy groups -OCH3 is 1. The molecule has 1 aromatic carbocycles. The van der Waals surface area contributed by atoms with Gasteiger partial charge in [0.1, 0.15) is 11.5 Å². The maximum Gasteiger partial charge on any atom is 0.318 e. The van der Waals surface area contributed by atoms with Crippen LogP contribution in [0.25, 0.3) is 0 Å². The third kappa shape index (κ3) is 4.04. The van der Waals surface area contributed by atoms with E-state index in [1.165, 1.54) is 4.90 Å². The molecule has 2 rings (SSSR count). The quantitative estimate of drug-likeness (QED) is 0.859. The second-order valence-corrected chi connectivity index (χ2v) is 5.27. The second-order valence-electron chi connectivity index (χ2n) is 5.27. The van der Waals surface area contributed by atoms with Crippen LogP contribution in [0.3, 0.4) is 0 Å². The maximum absolute atomic E-state index is 12.4. The molecule has 0 fully saturated rings. The smallest absolute Gasteiger partial charge is 0.318 e. The van der Waals surface area contributed by atoms with Gasteiger partial charge in [-0.15, -0.1) is 0 Å². The van der Waals surface area contributed by atoms with E-state index in [0.717, 1.165) is 11.3 Å². The molecule has 0 aliphatic heterocycles. The number of urea groups is 1. The molecule has 2 N–H and O–H groups in total. The Hall–Kier alpha value is -2.47. The van der Waals surface area contributed by atoms with Gasteiger partial charge in [0.15, 0.2) is 0 Å². The normalized spacial score (nSPS) is 13.2. The number of likely N-dealkylation sites (N-methyl/N-ethyl adjacent to an activating group) is 1. The van der Waals surface area contributed by atoms with E-state index in [4.69, 9.17) is 9.15 Å². The number of amides is 2. The minimum absolute atomic E-state index is 0.175. The van der Waals surface area contributed by atoms with Gasteiger partial charge in [0.25, 0.3) is 0 Å². The lowest BCUT2D eigenvalue weighted by Crippen LogP contribution is -2.41. The van der Waals surface area contributed by atoms with Crippen LogP contribution in [-0.4, -0.2) is 36.8 Å². The van der Waals surface area contributed by atoms with Crippen LogP contribution < -0.4 is 10.1 Å². The van der Waals surface area contributed by atoms with Crippen LogP contribution >= 0.6 is 0 Å². The monoisotopic (exact) mass is 318 g/mol. The van der Waals surface area contributed by atoms with Crippen molar-refractivity contribution in [3.8, 4) is 5.75 Å². The fourth-order valence-corrected chi connectivity index (χ4v) is 2.31. The highest BCUT2D eigenvalue weighted by Gasteiger charge is 2.23. The van der Waals surface area contributed by atoms with Crippen LogP contribution in [0.15, 0.2) is 47.1 Å². The van der Waals surface area contributed by atoms with Gasteiger partial charge < -0.3 is 24.5 Å². The lowest BCUT2D eigenvalue weighted by molar-refractivity contribution is 0.147. The van der Waals surface area contributed by atoms with Crippen molar-refractivity contribution in [1.29, 1.82) is 0 Å². The molecule has 0 aliphatic carbocycles. The van der Waals surface area contributed by atoms with Crippen molar-refractivity contribution in [2.24, 2.45) is 0 Å². The van der Waals surface area contributed by atoms with Gasteiger partial charge in [-0.1, -0.05) is 12.1 Å². The Bertz CT molecular complexity index is 610. The number of carbonyl (C=O) groups excluding carboxylic acids is 1. The Morgan fingerprint density at radius 2 is 2.04 bits per heavy atom. The van der Waals surface area contributed by atoms with Gasteiger partial charge >= 0.3 is 6.03 Å². The molecular weight excluding hydrogens is 296 g/mol. The molecule has 0 spiro atoms. The highest BCUT2D eigenvalue weighted by Crippen LogP contribution is 2.22. The summed E-state index contributed by atoms with van der Waals surface area (Å²) >= 11 is 0. The van der Waals surface area contributed by atoms with Crippen molar-refractivity contribution in [3.63, 3.8) is 0 Å². The number of nitrogens with one attached hydrogen (secondary N) is 1. The van der Waals surface area contributed by atoms with Gasteiger partial charge in [-0.2, -0.15) is 0 Å². The van der Waals surface area contributed by atoms with E-state index in [-0.39, 0.29) is 18.7 Å². The topological polar surface area (TPSA) is 74.9 Å². The lowest BCUT2D eigenvalue weighted by Gasteiger charge is -2.28. The summed E-state index contributed by atoms with van der Waals surface area (Å²) in [5.74, 6) is 1.40. The van der Waals surface area contributed by atoms with E-state index >= 15 is 0 Å². The van der Waals surface area contributed by atoms with Crippen LogP contribution in [0, 0.1) is 0 Å². The first kappa shape index (κ1) is 16.9. The van der Waals surface area contributed by atoms with E-state index in [2.05, 4.69) is 5.32 Å². The predicted octanol–water partition coefficient (Wildman–Crippen LogP) is 2.72. The van der Waals surface area contributed by atoms with Crippen LogP contribution in [0.5, 0.6) is 5.75 Å². The van der Waals surface area contributed by atoms with Crippen LogP contribution in [-0.2, 0) is 0 Å². The lowest BCUT2D eigenvalue weighted by atomic mass is 10.1. The largest absolute Gasteiger partial charge is 0.497 e. The summed E-state index contributed by atoms with van der Waals surface area (Å²) in [6.45, 7) is 1.66. The number of hydrogen-bond donors (Lipinski definition) is 2. The number of aliphatic hydroxyl groups is 1. The van der Waals surface area contributed by atoms with Crippen molar-refractivity contribution in [3.05, 3.63) is 54.0 Å². The summed E-state index contributed by atoms with van der Waals surface area (Å²) < 4.78 is 10.4. The molecule has 1 aromatic heterocycles. The first-order valence-corrected chi connectivity index (χ1v) is 7.38. The molecule has 0 aliphatic rings. The van der Waals surface area contributed by atoms with Gasteiger partial charge in [0.05, 0.1) is 32.1 Å². The van der Waals surface area contributed by atoms with Crippen LogP contribution in [0.2, 0.25) is 0 Å². The Morgan fingerprint density at radius 1 is 1.35 bits per heavy atom. The maximum atomic E-state index is 12.4. The average Bonchev–Trinajstić information content (AvgIpc) is 3.10. The third-order valence-corrected chi connectivity index (χ3v) is 3.77. The first-order valence-electron chi connectivity index (χ1n) is 7.38. The zero-order chi connectivity index (χ0) is 16.8. The Labute approximate surface area is 135 Å². The highest BCUT2D eigenvalue weighted by atomic mass is 16.5. The molecule has 2 aromatic rings. The van der Waals surface area contributed by atoms with E-state index in [9.17, 15) is 9.90 Å². The van der Waals surface area contributed by atoms with Gasteiger partial charge in [-0.3, -0.25) is 0 Å². The molecule has 2 amide bonds. The molecule has 6 nitrogen and oxygen atoms in total. The summed E-state index contributed by atoms with van der Waals surface area (Å²) in [7, 11) is 3.24. The average molecular weight is 318 g/mol. The highest BCUT2D eigenvalue weighted by molar-refractivity contribution is 5.75. The number of carbonyl (C=O) groups is 1. The summed E-state index contributed by atoms with van der Waals surface area (Å²) in [5, 5.41) is 12.5. The Kier molecular flexibility index (Phi) is 5.65.